The molecule has 152 valence electrons. The molecule has 0 saturated carbocycles. The number of ether oxygens (including phenoxy) is 2. The number of aromatic nitrogens is 2. The molecule has 7 heteroatoms. The Morgan fingerprint density at radius 2 is 1.86 bits per heavy atom. The third kappa shape index (κ3) is 3.78. The van der Waals surface area contributed by atoms with E-state index in [1.165, 1.54) is 0 Å². The number of hydrogen-bond acceptors (Lipinski definition) is 6. The number of aryl methyl sites for hydroxylation is 1. The van der Waals surface area contributed by atoms with Gasteiger partial charge in [-0.1, -0.05) is 0 Å². The van der Waals surface area contributed by atoms with E-state index in [0.29, 0.717) is 22.8 Å². The molecule has 1 fully saturated rings. The summed E-state index contributed by atoms with van der Waals surface area (Å²) in [5.41, 5.74) is 4.02. The summed E-state index contributed by atoms with van der Waals surface area (Å²) in [5, 5.41) is 3.41. The minimum absolute atomic E-state index is 0.0994. The Balaban J connectivity index is 1.79. The molecule has 4 rings (SSSR count). The molecule has 0 unspecified atom stereocenters. The van der Waals surface area contributed by atoms with Crippen molar-refractivity contribution in [1.29, 1.82) is 0 Å². The molecule has 1 aromatic carbocycles. The van der Waals surface area contributed by atoms with Crippen LogP contribution in [-0.4, -0.2) is 49.8 Å². The number of nitrogens with zero attached hydrogens (tertiary/aromatic N) is 3. The van der Waals surface area contributed by atoms with Gasteiger partial charge in [0.15, 0.2) is 11.5 Å². The number of rotatable bonds is 4. The van der Waals surface area contributed by atoms with Crippen molar-refractivity contribution in [1.82, 2.24) is 14.7 Å². The van der Waals surface area contributed by atoms with Crippen molar-refractivity contribution in [3.05, 3.63) is 52.4 Å². The number of fused-ring (bicyclic) bond motifs is 1. The Kier molecular flexibility index (Phi) is 5.40. The second kappa shape index (κ2) is 8.13. The summed E-state index contributed by atoms with van der Waals surface area (Å²) in [6.07, 6.45) is 2.99. The molecule has 1 N–H and O–H groups in total. The standard InChI is InChI=1S/C22H26N4O3/c1-15-11-17(25-9-4-7-23-8-10-25)14-26-21(27)13-18(24-22(15)26)16-5-6-19(28-2)20(12-16)29-3/h5-6,11-14,23H,4,7-10H2,1-3H3. The molecular formula is C22H26N4O3. The van der Waals surface area contributed by atoms with Crippen LogP contribution in [0.5, 0.6) is 11.5 Å². The molecule has 0 spiro atoms. The van der Waals surface area contributed by atoms with E-state index in [1.807, 2.05) is 31.3 Å². The third-order valence-corrected chi connectivity index (χ3v) is 5.32. The van der Waals surface area contributed by atoms with Crippen LogP contribution >= 0.6 is 0 Å². The van der Waals surface area contributed by atoms with E-state index in [2.05, 4.69) is 16.3 Å². The molecule has 0 bridgehead atoms. The van der Waals surface area contributed by atoms with Crippen molar-refractivity contribution < 1.29 is 9.47 Å². The number of benzene rings is 1. The quantitative estimate of drug-likeness (QED) is 0.733. The van der Waals surface area contributed by atoms with Gasteiger partial charge in [0.2, 0.25) is 0 Å². The number of pyridine rings is 1. The van der Waals surface area contributed by atoms with Crippen molar-refractivity contribution in [3.8, 4) is 22.8 Å². The first-order chi connectivity index (χ1) is 14.1. The van der Waals surface area contributed by atoms with E-state index in [4.69, 9.17) is 14.5 Å². The Labute approximate surface area is 169 Å². The molecule has 1 saturated heterocycles. The Hall–Kier alpha value is -3.06. The monoisotopic (exact) mass is 394 g/mol. The zero-order valence-corrected chi connectivity index (χ0v) is 17.1. The van der Waals surface area contributed by atoms with Crippen LogP contribution in [0.4, 0.5) is 5.69 Å². The maximum Gasteiger partial charge on any atom is 0.258 e. The van der Waals surface area contributed by atoms with Crippen molar-refractivity contribution in [2.75, 3.05) is 45.3 Å². The van der Waals surface area contributed by atoms with Crippen LogP contribution in [0, 0.1) is 6.92 Å². The van der Waals surface area contributed by atoms with Gasteiger partial charge in [-0.25, -0.2) is 4.98 Å². The predicted molar refractivity (Wildman–Crippen MR) is 114 cm³/mol. The van der Waals surface area contributed by atoms with Crippen LogP contribution in [0.2, 0.25) is 0 Å². The van der Waals surface area contributed by atoms with Gasteiger partial charge in [-0.2, -0.15) is 0 Å². The first kappa shape index (κ1) is 19.3. The lowest BCUT2D eigenvalue weighted by Gasteiger charge is -2.23. The van der Waals surface area contributed by atoms with Gasteiger partial charge >= 0.3 is 0 Å². The van der Waals surface area contributed by atoms with Crippen molar-refractivity contribution in [2.24, 2.45) is 0 Å². The van der Waals surface area contributed by atoms with E-state index >= 15 is 0 Å². The summed E-state index contributed by atoms with van der Waals surface area (Å²) in [5.74, 6) is 1.25. The van der Waals surface area contributed by atoms with Crippen LogP contribution in [-0.2, 0) is 0 Å². The minimum atomic E-state index is -0.0994. The minimum Gasteiger partial charge on any atom is -0.493 e. The topological polar surface area (TPSA) is 68.1 Å². The number of nitrogens with one attached hydrogen (secondary N) is 1. The lowest BCUT2D eigenvalue weighted by atomic mass is 10.1. The average molecular weight is 394 g/mol. The fraction of sp³-hybridized carbons (Fsp3) is 0.364. The van der Waals surface area contributed by atoms with E-state index in [1.54, 1.807) is 24.7 Å². The summed E-state index contributed by atoms with van der Waals surface area (Å²) >= 11 is 0. The second-order valence-electron chi connectivity index (χ2n) is 7.21. The number of methoxy groups -OCH3 is 2. The van der Waals surface area contributed by atoms with Gasteiger partial charge in [0.25, 0.3) is 5.56 Å². The van der Waals surface area contributed by atoms with Crippen LogP contribution < -0.4 is 25.2 Å². The fourth-order valence-corrected chi connectivity index (χ4v) is 3.77. The number of hydrogen-bond donors (Lipinski definition) is 1. The summed E-state index contributed by atoms with van der Waals surface area (Å²) in [4.78, 5) is 20.0. The summed E-state index contributed by atoms with van der Waals surface area (Å²) < 4.78 is 12.3. The maximum absolute atomic E-state index is 12.9. The van der Waals surface area contributed by atoms with Gasteiger partial charge in [-0.05, 0) is 49.7 Å². The third-order valence-electron chi connectivity index (χ3n) is 5.32. The molecule has 0 atom stereocenters. The molecule has 3 heterocycles. The zero-order valence-electron chi connectivity index (χ0n) is 17.1. The maximum atomic E-state index is 12.9. The van der Waals surface area contributed by atoms with Gasteiger partial charge in [0, 0.05) is 37.5 Å². The molecule has 1 aliphatic heterocycles. The largest absolute Gasteiger partial charge is 0.493 e. The van der Waals surface area contributed by atoms with Crippen molar-refractivity contribution in [3.63, 3.8) is 0 Å². The van der Waals surface area contributed by atoms with Gasteiger partial charge < -0.3 is 19.7 Å². The fourth-order valence-electron chi connectivity index (χ4n) is 3.77. The smallest absolute Gasteiger partial charge is 0.258 e. The summed E-state index contributed by atoms with van der Waals surface area (Å²) in [6.45, 7) is 5.88. The Bertz CT molecular complexity index is 1090. The Morgan fingerprint density at radius 3 is 2.66 bits per heavy atom. The second-order valence-corrected chi connectivity index (χ2v) is 7.21. The molecule has 1 aliphatic rings. The van der Waals surface area contributed by atoms with E-state index in [-0.39, 0.29) is 5.56 Å². The van der Waals surface area contributed by atoms with E-state index in [9.17, 15) is 4.79 Å². The molecule has 0 amide bonds. The first-order valence-corrected chi connectivity index (χ1v) is 9.83. The lowest BCUT2D eigenvalue weighted by Crippen LogP contribution is -2.28. The Morgan fingerprint density at radius 1 is 1.03 bits per heavy atom. The van der Waals surface area contributed by atoms with Gasteiger partial charge in [-0.15, -0.1) is 0 Å². The SMILES string of the molecule is COc1ccc(-c2cc(=O)n3cc(N4CCCNCC4)cc(C)c3n2)cc1OC. The van der Waals surface area contributed by atoms with E-state index in [0.717, 1.165) is 49.4 Å². The highest BCUT2D eigenvalue weighted by Gasteiger charge is 2.14. The molecule has 2 aromatic heterocycles. The molecule has 0 aliphatic carbocycles. The van der Waals surface area contributed by atoms with Gasteiger partial charge in [0.05, 0.1) is 25.6 Å². The molecule has 0 radical (unpaired) electrons. The van der Waals surface area contributed by atoms with Crippen LogP contribution in [0.25, 0.3) is 16.9 Å². The molecule has 3 aromatic rings. The molecule has 29 heavy (non-hydrogen) atoms. The number of anilines is 1. The summed E-state index contributed by atoms with van der Waals surface area (Å²) in [7, 11) is 3.19. The first-order valence-electron chi connectivity index (χ1n) is 9.83. The highest BCUT2D eigenvalue weighted by atomic mass is 16.5. The van der Waals surface area contributed by atoms with Crippen molar-refractivity contribution in [2.45, 2.75) is 13.3 Å². The van der Waals surface area contributed by atoms with Gasteiger partial charge in [0.1, 0.15) is 5.65 Å². The predicted octanol–water partition coefficient (Wildman–Crippen LogP) is 2.49. The highest BCUT2D eigenvalue weighted by molar-refractivity contribution is 5.67. The average Bonchev–Trinajstić information content (AvgIpc) is 3.03. The van der Waals surface area contributed by atoms with Crippen LogP contribution in [0.3, 0.4) is 0 Å². The molecular weight excluding hydrogens is 368 g/mol. The lowest BCUT2D eigenvalue weighted by molar-refractivity contribution is 0.355. The molecule has 7 nitrogen and oxygen atoms in total. The van der Waals surface area contributed by atoms with E-state index < -0.39 is 0 Å². The normalized spacial score (nSPS) is 14.7. The van der Waals surface area contributed by atoms with Gasteiger partial charge in [-0.3, -0.25) is 9.20 Å². The highest BCUT2D eigenvalue weighted by Crippen LogP contribution is 2.31. The van der Waals surface area contributed by atoms with Crippen LogP contribution in [0.1, 0.15) is 12.0 Å². The summed E-state index contributed by atoms with van der Waals surface area (Å²) in [6, 6.07) is 9.23. The van der Waals surface area contributed by atoms with Crippen LogP contribution in [0.15, 0.2) is 41.3 Å². The van der Waals surface area contributed by atoms with Crippen molar-refractivity contribution >= 4 is 11.3 Å². The zero-order chi connectivity index (χ0) is 20.4.